The van der Waals surface area contributed by atoms with Crippen molar-refractivity contribution in [3.8, 4) is 17.0 Å². The van der Waals surface area contributed by atoms with E-state index in [1.165, 1.54) is 0 Å². The monoisotopic (exact) mass is 610 g/mol. The predicted molar refractivity (Wildman–Crippen MR) is 170 cm³/mol. The van der Waals surface area contributed by atoms with Crippen LogP contribution in [-0.2, 0) is 17.5 Å². The number of piperidine rings is 1. The van der Waals surface area contributed by atoms with Crippen molar-refractivity contribution in [1.29, 1.82) is 0 Å². The molecule has 0 aliphatic carbocycles. The molecule has 0 bridgehead atoms. The lowest BCUT2D eigenvalue weighted by atomic mass is 9.75. The summed E-state index contributed by atoms with van der Waals surface area (Å²) < 4.78 is 20.9. The first-order valence-corrected chi connectivity index (χ1v) is 15.7. The molecule has 42 heavy (non-hydrogen) atoms. The van der Waals surface area contributed by atoms with Gasteiger partial charge in [0.1, 0.15) is 22.9 Å². The summed E-state index contributed by atoms with van der Waals surface area (Å²) in [7, 11) is 0.545. The molecular formula is C30H39ClN8O2S. The van der Waals surface area contributed by atoms with E-state index < -0.39 is 11.0 Å². The van der Waals surface area contributed by atoms with Gasteiger partial charge >= 0.3 is 0 Å². The molecule has 1 aliphatic heterocycles. The second-order valence-corrected chi connectivity index (χ2v) is 14.5. The maximum absolute atomic E-state index is 12.7. The fourth-order valence-corrected chi connectivity index (χ4v) is 6.21. The Bertz CT molecular complexity index is 1560. The van der Waals surface area contributed by atoms with E-state index in [-0.39, 0.29) is 16.2 Å². The van der Waals surface area contributed by atoms with Crippen LogP contribution in [0.15, 0.2) is 42.7 Å². The average molecular weight is 611 g/mol. The highest BCUT2D eigenvalue weighted by atomic mass is 35.5. The Morgan fingerprint density at radius 3 is 2.55 bits per heavy atom. The fraction of sp³-hybridized carbons (Fsp3) is 0.467. The molecule has 1 saturated heterocycles. The van der Waals surface area contributed by atoms with Gasteiger partial charge in [0.25, 0.3) is 0 Å². The van der Waals surface area contributed by atoms with Crippen LogP contribution < -0.4 is 19.7 Å². The van der Waals surface area contributed by atoms with Crippen LogP contribution in [-0.4, -0.2) is 60.3 Å². The van der Waals surface area contributed by atoms with Crippen LogP contribution in [0.2, 0.25) is 5.02 Å². The number of aromatic nitrogens is 5. The number of benzene rings is 1. The summed E-state index contributed by atoms with van der Waals surface area (Å²) in [6, 6.07) is 9.80. The molecule has 1 fully saturated rings. The number of pyridine rings is 1. The number of hydrogen-bond donors (Lipinski definition) is 3. The first-order valence-electron chi connectivity index (χ1n) is 14.1. The van der Waals surface area contributed by atoms with Crippen molar-refractivity contribution in [1.82, 2.24) is 29.9 Å². The van der Waals surface area contributed by atoms with Gasteiger partial charge in [0.05, 0.1) is 39.8 Å². The first-order chi connectivity index (χ1) is 20.0. The third kappa shape index (κ3) is 6.38. The highest BCUT2D eigenvalue weighted by Crippen LogP contribution is 2.38. The molecule has 1 aliphatic rings. The summed E-state index contributed by atoms with van der Waals surface area (Å²) in [5.74, 6) is 2.18. The Hall–Kier alpha value is -3.28. The number of aromatic amines is 1. The summed E-state index contributed by atoms with van der Waals surface area (Å²) in [5.41, 5.74) is 3.74. The van der Waals surface area contributed by atoms with Gasteiger partial charge in [0.15, 0.2) is 0 Å². The van der Waals surface area contributed by atoms with Crippen molar-refractivity contribution in [2.24, 2.45) is 5.41 Å². The molecule has 4 heterocycles. The molecule has 5 rings (SSSR count). The quantitative estimate of drug-likeness (QED) is 0.219. The minimum Gasteiger partial charge on any atom is -0.497 e. The number of nitrogens with one attached hydrogen (secondary N) is 3. The van der Waals surface area contributed by atoms with Crippen molar-refractivity contribution < 1.29 is 8.95 Å². The molecular weight excluding hydrogens is 572 g/mol. The second kappa shape index (κ2) is 12.1. The first kappa shape index (κ1) is 30.2. The molecule has 4 aromatic rings. The lowest BCUT2D eigenvalue weighted by Crippen LogP contribution is -2.51. The van der Waals surface area contributed by atoms with E-state index in [1.807, 2.05) is 51.1 Å². The maximum Gasteiger partial charge on any atom is 0.202 e. The zero-order valence-electron chi connectivity index (χ0n) is 25.0. The number of rotatable bonds is 9. The van der Waals surface area contributed by atoms with Crippen LogP contribution in [0.5, 0.6) is 5.75 Å². The maximum atomic E-state index is 12.7. The van der Waals surface area contributed by atoms with E-state index in [2.05, 4.69) is 44.0 Å². The third-order valence-electron chi connectivity index (χ3n) is 8.14. The van der Waals surface area contributed by atoms with Crippen LogP contribution in [0.25, 0.3) is 22.4 Å². The number of H-pyrrole nitrogens is 1. The largest absolute Gasteiger partial charge is 0.497 e. The topological polar surface area (TPSA) is 121 Å². The lowest BCUT2D eigenvalue weighted by Gasteiger charge is -2.44. The van der Waals surface area contributed by atoms with Gasteiger partial charge in [-0.1, -0.05) is 30.7 Å². The van der Waals surface area contributed by atoms with Gasteiger partial charge in [0.2, 0.25) is 5.65 Å². The second-order valence-electron chi connectivity index (χ2n) is 12.1. The molecule has 0 radical (unpaired) electrons. The van der Waals surface area contributed by atoms with Crippen LogP contribution in [0.4, 0.5) is 11.6 Å². The molecule has 12 heteroatoms. The van der Waals surface area contributed by atoms with Crippen LogP contribution in [0.1, 0.15) is 53.0 Å². The summed E-state index contributed by atoms with van der Waals surface area (Å²) >= 11 is 6.80. The molecule has 0 amide bonds. The van der Waals surface area contributed by atoms with Crippen LogP contribution in [0.3, 0.4) is 0 Å². The van der Waals surface area contributed by atoms with E-state index in [0.717, 1.165) is 48.6 Å². The van der Waals surface area contributed by atoms with Crippen LogP contribution in [0, 0.1) is 5.41 Å². The summed E-state index contributed by atoms with van der Waals surface area (Å²) in [4.78, 5) is 16.3. The van der Waals surface area contributed by atoms with Crippen LogP contribution >= 0.6 is 11.6 Å². The number of fused-ring (bicyclic) bond motifs is 1. The third-order valence-corrected chi connectivity index (χ3v) is 10.2. The van der Waals surface area contributed by atoms with E-state index in [1.54, 1.807) is 19.5 Å². The van der Waals surface area contributed by atoms with Gasteiger partial charge < -0.3 is 15.0 Å². The minimum atomic E-state index is -1.10. The van der Waals surface area contributed by atoms with Crippen molar-refractivity contribution in [2.45, 2.75) is 64.8 Å². The predicted octanol–water partition coefficient (Wildman–Crippen LogP) is 5.74. The van der Waals surface area contributed by atoms with E-state index >= 15 is 0 Å². The molecule has 3 aromatic heterocycles. The van der Waals surface area contributed by atoms with E-state index in [0.29, 0.717) is 34.2 Å². The Balaban J connectivity index is 1.28. The van der Waals surface area contributed by atoms with Crippen molar-refractivity contribution >= 4 is 45.4 Å². The smallest absolute Gasteiger partial charge is 0.202 e. The molecule has 0 saturated carbocycles. The highest BCUT2D eigenvalue weighted by molar-refractivity contribution is 7.84. The lowest BCUT2D eigenvalue weighted by molar-refractivity contribution is 0.194. The van der Waals surface area contributed by atoms with Crippen molar-refractivity contribution in [2.75, 3.05) is 30.4 Å². The molecule has 224 valence electrons. The van der Waals surface area contributed by atoms with E-state index in [4.69, 9.17) is 26.3 Å². The van der Waals surface area contributed by atoms with Gasteiger partial charge in [-0.2, -0.15) is 5.10 Å². The molecule has 0 spiro atoms. The van der Waals surface area contributed by atoms with Gasteiger partial charge in [-0.3, -0.25) is 5.10 Å². The Labute approximate surface area is 254 Å². The SMILES string of the molecule is COc1ccc(CNc2nccc(-c3[nH]nc4nc(N5CCC(C)([C@@H](C)NS(=O)C(C)(C)C)CC5)cnc34)c2Cl)cc1. The summed E-state index contributed by atoms with van der Waals surface area (Å²) in [5, 5.41) is 11.4. The fourth-order valence-electron chi connectivity index (χ4n) is 4.98. The number of nitrogens with zero attached hydrogens (tertiary/aromatic N) is 5. The number of ether oxygens (including phenoxy) is 1. The molecule has 1 aromatic carbocycles. The van der Waals surface area contributed by atoms with Crippen molar-refractivity contribution in [3.05, 3.63) is 53.3 Å². The van der Waals surface area contributed by atoms with E-state index in [9.17, 15) is 4.21 Å². The average Bonchev–Trinajstić information content (AvgIpc) is 3.40. The van der Waals surface area contributed by atoms with Gasteiger partial charge in [-0.15, -0.1) is 0 Å². The molecule has 10 nitrogen and oxygen atoms in total. The van der Waals surface area contributed by atoms with Gasteiger partial charge in [-0.05, 0) is 69.7 Å². The number of hydrogen-bond acceptors (Lipinski definition) is 8. The molecule has 3 N–H and O–H groups in total. The summed E-state index contributed by atoms with van der Waals surface area (Å²) in [6.07, 6.45) is 5.42. The molecule has 2 atom stereocenters. The van der Waals surface area contributed by atoms with Crippen molar-refractivity contribution in [3.63, 3.8) is 0 Å². The highest BCUT2D eigenvalue weighted by Gasteiger charge is 2.37. The number of anilines is 2. The standard InChI is InChI=1S/C30H39ClN8O2S/c1-19(38-42(40)29(2,3)4)30(5)12-15-39(16-13-30)23-18-33-26-25(36-37-28(26)35-23)22-11-14-32-27(24(22)31)34-17-20-7-9-21(41-6)10-8-20/h7-11,14,18-19,38H,12-13,15-17H2,1-6H3,(H,32,34)(H,35,36,37)/t19-,42?/m1/s1. The Morgan fingerprint density at radius 1 is 1.17 bits per heavy atom. The summed E-state index contributed by atoms with van der Waals surface area (Å²) in [6.45, 7) is 12.6. The molecule has 1 unspecified atom stereocenters. The normalized spacial score (nSPS) is 16.8. The minimum absolute atomic E-state index is 0.0334. The zero-order valence-corrected chi connectivity index (χ0v) is 26.6. The van der Waals surface area contributed by atoms with Gasteiger partial charge in [0, 0.05) is 37.4 Å². The van der Waals surface area contributed by atoms with Gasteiger partial charge in [-0.25, -0.2) is 23.9 Å². The number of halogens is 1. The number of methoxy groups -OCH3 is 1. The Morgan fingerprint density at radius 2 is 1.88 bits per heavy atom. The zero-order chi connectivity index (χ0) is 30.1. The Kier molecular flexibility index (Phi) is 8.73.